The Bertz CT molecular complexity index is 638. The minimum Gasteiger partial charge on any atom is -0.368 e. The maximum Gasteiger partial charge on any atom is 0.148 e. The Hall–Kier alpha value is -1.21. The van der Waals surface area contributed by atoms with Crippen molar-refractivity contribution in [1.82, 2.24) is 9.88 Å². The SMILES string of the molecule is CS(=O)(=O)CC1(CN2CCN(c3cncc(F)c3)CC2)CC1. The summed E-state index contributed by atoms with van der Waals surface area (Å²) >= 11 is 0. The fraction of sp³-hybridized carbons (Fsp3) is 0.667. The van der Waals surface area contributed by atoms with E-state index in [1.807, 2.05) is 0 Å². The quantitative estimate of drug-likeness (QED) is 0.812. The summed E-state index contributed by atoms with van der Waals surface area (Å²) in [5.41, 5.74) is 0.799. The summed E-state index contributed by atoms with van der Waals surface area (Å²) in [6, 6.07) is 1.51. The normalized spacial score (nSPS) is 21.8. The van der Waals surface area contributed by atoms with Gasteiger partial charge in [-0.3, -0.25) is 9.88 Å². The van der Waals surface area contributed by atoms with Crippen molar-refractivity contribution in [2.24, 2.45) is 5.41 Å². The molecule has 1 saturated carbocycles. The second kappa shape index (κ2) is 5.77. The zero-order valence-corrected chi connectivity index (χ0v) is 13.6. The molecule has 0 spiro atoms. The molecule has 1 saturated heterocycles. The summed E-state index contributed by atoms with van der Waals surface area (Å²) in [6.45, 7) is 4.25. The molecule has 0 amide bonds. The second-order valence-electron chi connectivity index (χ2n) is 6.69. The van der Waals surface area contributed by atoms with Gasteiger partial charge in [0.2, 0.25) is 0 Å². The highest BCUT2D eigenvalue weighted by Gasteiger charge is 2.46. The molecule has 5 nitrogen and oxygen atoms in total. The van der Waals surface area contributed by atoms with Crippen LogP contribution in [0, 0.1) is 11.2 Å². The van der Waals surface area contributed by atoms with E-state index in [0.717, 1.165) is 51.3 Å². The van der Waals surface area contributed by atoms with Crippen LogP contribution in [0.1, 0.15) is 12.8 Å². The van der Waals surface area contributed by atoms with Gasteiger partial charge in [0.15, 0.2) is 0 Å². The smallest absolute Gasteiger partial charge is 0.148 e. The van der Waals surface area contributed by atoms with E-state index in [9.17, 15) is 12.8 Å². The molecule has 1 aliphatic heterocycles. The maximum atomic E-state index is 13.2. The van der Waals surface area contributed by atoms with E-state index >= 15 is 0 Å². The molecule has 3 rings (SSSR count). The number of rotatable bonds is 5. The van der Waals surface area contributed by atoms with Gasteiger partial charge in [0.25, 0.3) is 0 Å². The molecule has 2 heterocycles. The Kier molecular flexibility index (Phi) is 4.11. The van der Waals surface area contributed by atoms with Crippen molar-refractivity contribution < 1.29 is 12.8 Å². The first kappa shape index (κ1) is 15.7. The van der Waals surface area contributed by atoms with Gasteiger partial charge in [-0.2, -0.15) is 0 Å². The fourth-order valence-corrected chi connectivity index (χ4v) is 4.79. The highest BCUT2D eigenvalue weighted by atomic mass is 32.2. The second-order valence-corrected chi connectivity index (χ2v) is 8.83. The summed E-state index contributed by atoms with van der Waals surface area (Å²) in [6.07, 6.45) is 6.23. The van der Waals surface area contributed by atoms with E-state index in [1.54, 1.807) is 6.20 Å². The van der Waals surface area contributed by atoms with Gasteiger partial charge in [-0.05, 0) is 18.3 Å². The maximum absolute atomic E-state index is 13.2. The standard InChI is InChI=1S/C15H22FN3O2S/c1-22(20,21)12-15(2-3-15)11-18-4-6-19(7-5-18)14-8-13(16)9-17-10-14/h8-10H,2-7,11-12H2,1H3. The van der Waals surface area contributed by atoms with Crippen LogP contribution in [0.2, 0.25) is 0 Å². The lowest BCUT2D eigenvalue weighted by molar-refractivity contribution is 0.217. The molecular formula is C15H22FN3O2S. The summed E-state index contributed by atoms with van der Waals surface area (Å²) in [7, 11) is -2.92. The van der Waals surface area contributed by atoms with E-state index in [-0.39, 0.29) is 11.2 Å². The predicted molar refractivity (Wildman–Crippen MR) is 84.2 cm³/mol. The van der Waals surface area contributed by atoms with Gasteiger partial charge in [-0.1, -0.05) is 0 Å². The third-order valence-corrected chi connectivity index (χ3v) is 5.65. The number of hydrogen-bond donors (Lipinski definition) is 0. The van der Waals surface area contributed by atoms with Crippen LogP contribution in [-0.2, 0) is 9.84 Å². The zero-order chi connectivity index (χ0) is 15.8. The number of halogens is 1. The van der Waals surface area contributed by atoms with Crippen LogP contribution in [-0.4, -0.2) is 63.0 Å². The van der Waals surface area contributed by atoms with E-state index < -0.39 is 9.84 Å². The molecule has 0 N–H and O–H groups in total. The number of piperazine rings is 1. The summed E-state index contributed by atoms with van der Waals surface area (Å²) < 4.78 is 36.3. The molecule has 2 fully saturated rings. The number of hydrogen-bond acceptors (Lipinski definition) is 5. The number of anilines is 1. The van der Waals surface area contributed by atoms with E-state index in [0.29, 0.717) is 5.75 Å². The third-order valence-electron chi connectivity index (χ3n) is 4.51. The molecule has 1 aromatic heterocycles. The van der Waals surface area contributed by atoms with Crippen molar-refractivity contribution in [2.75, 3.05) is 49.6 Å². The molecule has 0 unspecified atom stereocenters. The molecular weight excluding hydrogens is 305 g/mol. The topological polar surface area (TPSA) is 53.5 Å². The molecule has 0 radical (unpaired) electrons. The largest absolute Gasteiger partial charge is 0.368 e. The highest BCUT2D eigenvalue weighted by molar-refractivity contribution is 7.90. The molecule has 22 heavy (non-hydrogen) atoms. The third kappa shape index (κ3) is 3.95. The Morgan fingerprint density at radius 3 is 2.45 bits per heavy atom. The predicted octanol–water partition coefficient (Wildman–Crippen LogP) is 1.17. The van der Waals surface area contributed by atoms with Crippen LogP contribution >= 0.6 is 0 Å². The van der Waals surface area contributed by atoms with E-state index in [4.69, 9.17) is 0 Å². The van der Waals surface area contributed by atoms with Crippen LogP contribution in [0.25, 0.3) is 0 Å². The number of pyridine rings is 1. The Labute approximate surface area is 131 Å². The molecule has 7 heteroatoms. The monoisotopic (exact) mass is 327 g/mol. The molecule has 1 aromatic rings. The Balaban J connectivity index is 1.54. The molecule has 0 bridgehead atoms. The summed E-state index contributed by atoms with van der Waals surface area (Å²) in [5.74, 6) is -0.0152. The van der Waals surface area contributed by atoms with E-state index in [1.165, 1.54) is 18.5 Å². The summed E-state index contributed by atoms with van der Waals surface area (Å²) in [5, 5.41) is 0. The first-order valence-electron chi connectivity index (χ1n) is 7.61. The molecule has 1 aliphatic carbocycles. The molecule has 2 aliphatic rings. The first-order chi connectivity index (χ1) is 10.4. The van der Waals surface area contributed by atoms with E-state index in [2.05, 4.69) is 14.8 Å². The Morgan fingerprint density at radius 2 is 1.91 bits per heavy atom. The van der Waals surface area contributed by atoms with Crippen molar-refractivity contribution in [3.8, 4) is 0 Å². The minimum atomic E-state index is -2.92. The van der Waals surface area contributed by atoms with Crippen LogP contribution in [0.15, 0.2) is 18.5 Å². The highest BCUT2D eigenvalue weighted by Crippen LogP contribution is 2.47. The van der Waals surface area contributed by atoms with Gasteiger partial charge in [0, 0.05) is 45.0 Å². The fourth-order valence-electron chi connectivity index (χ4n) is 3.29. The average molecular weight is 327 g/mol. The molecule has 0 aromatic carbocycles. The molecule has 122 valence electrons. The van der Waals surface area contributed by atoms with Gasteiger partial charge in [0.1, 0.15) is 15.7 Å². The zero-order valence-electron chi connectivity index (χ0n) is 12.8. The lowest BCUT2D eigenvalue weighted by Gasteiger charge is -2.37. The van der Waals surface area contributed by atoms with Crippen molar-refractivity contribution in [3.05, 3.63) is 24.3 Å². The summed E-state index contributed by atoms with van der Waals surface area (Å²) in [4.78, 5) is 8.35. The van der Waals surface area contributed by atoms with Crippen molar-refractivity contribution in [2.45, 2.75) is 12.8 Å². The van der Waals surface area contributed by atoms with Gasteiger partial charge in [0.05, 0.1) is 23.8 Å². The van der Waals surface area contributed by atoms with Crippen LogP contribution < -0.4 is 4.90 Å². The van der Waals surface area contributed by atoms with Crippen LogP contribution in [0.4, 0.5) is 10.1 Å². The average Bonchev–Trinajstić information content (AvgIpc) is 3.16. The van der Waals surface area contributed by atoms with Crippen LogP contribution in [0.3, 0.4) is 0 Å². The van der Waals surface area contributed by atoms with Crippen LogP contribution in [0.5, 0.6) is 0 Å². The molecule has 0 atom stereocenters. The van der Waals surface area contributed by atoms with Crippen molar-refractivity contribution >= 4 is 15.5 Å². The first-order valence-corrected chi connectivity index (χ1v) is 9.67. The van der Waals surface area contributed by atoms with Gasteiger partial charge < -0.3 is 4.90 Å². The number of aromatic nitrogens is 1. The lowest BCUT2D eigenvalue weighted by Crippen LogP contribution is -2.48. The number of sulfone groups is 1. The Morgan fingerprint density at radius 1 is 1.23 bits per heavy atom. The van der Waals surface area contributed by atoms with Crippen molar-refractivity contribution in [3.63, 3.8) is 0 Å². The lowest BCUT2D eigenvalue weighted by atomic mass is 10.1. The number of nitrogens with zero attached hydrogens (tertiary/aromatic N) is 3. The minimum absolute atomic E-state index is 0.0177. The van der Waals surface area contributed by atoms with Crippen molar-refractivity contribution in [1.29, 1.82) is 0 Å². The van der Waals surface area contributed by atoms with Gasteiger partial charge in [-0.25, -0.2) is 12.8 Å². The van der Waals surface area contributed by atoms with Gasteiger partial charge in [-0.15, -0.1) is 0 Å². The van der Waals surface area contributed by atoms with Gasteiger partial charge >= 0.3 is 0 Å².